The third-order valence-corrected chi connectivity index (χ3v) is 1.52. The number of carbonyl (C=O) groups is 1. The van der Waals surface area contributed by atoms with Crippen LogP contribution in [0.3, 0.4) is 0 Å². The van der Waals surface area contributed by atoms with E-state index in [1.807, 2.05) is 0 Å². The molecule has 0 aliphatic heterocycles. The molecule has 1 aromatic rings. The minimum atomic E-state index is -1.30. The summed E-state index contributed by atoms with van der Waals surface area (Å²) in [5.41, 5.74) is 0.454. The van der Waals surface area contributed by atoms with Crippen molar-refractivity contribution in [2.45, 2.75) is 19.4 Å². The molecule has 1 N–H and O–H groups in total. The quantitative estimate of drug-likeness (QED) is 0.533. The molecule has 0 aliphatic rings. The number of carboxylic acid groups (broad SMARTS) is 1. The van der Waals surface area contributed by atoms with E-state index in [4.69, 9.17) is 5.11 Å². The van der Waals surface area contributed by atoms with Crippen molar-refractivity contribution < 1.29 is 66.4 Å². The Bertz CT molecular complexity index is 315. The van der Waals surface area contributed by atoms with Gasteiger partial charge in [0.05, 0.1) is 17.8 Å². The summed E-state index contributed by atoms with van der Waals surface area (Å²) in [6.45, 7) is 1.62. The van der Waals surface area contributed by atoms with E-state index in [0.29, 0.717) is 12.1 Å². The minimum absolute atomic E-state index is 0. The fourth-order valence-electron chi connectivity index (χ4n) is 1.01. The van der Waals surface area contributed by atoms with Crippen molar-refractivity contribution in [1.82, 2.24) is 4.98 Å². The summed E-state index contributed by atoms with van der Waals surface area (Å²) in [5.74, 6) is -1.30. The van der Waals surface area contributed by atoms with Gasteiger partial charge in [0.2, 0.25) is 0 Å². The fourth-order valence-corrected chi connectivity index (χ4v) is 1.01. The molecule has 0 bridgehead atoms. The SMILES string of the molecule is CC(O)Cc1cccc(C(=O)[O-])n1.[K+]. The monoisotopic (exact) mass is 219 g/mol. The van der Waals surface area contributed by atoms with Gasteiger partial charge in [-0.1, -0.05) is 6.07 Å². The zero-order chi connectivity index (χ0) is 9.84. The van der Waals surface area contributed by atoms with Crippen LogP contribution in [0.4, 0.5) is 0 Å². The topological polar surface area (TPSA) is 73.2 Å². The molecule has 1 unspecified atom stereocenters. The molecular formula is C9H10KNO3. The third-order valence-electron chi connectivity index (χ3n) is 1.52. The molecule has 5 heteroatoms. The van der Waals surface area contributed by atoms with Gasteiger partial charge in [0.15, 0.2) is 0 Å². The first-order valence-corrected chi connectivity index (χ1v) is 3.95. The number of nitrogens with zero attached hydrogens (tertiary/aromatic N) is 1. The van der Waals surface area contributed by atoms with E-state index in [2.05, 4.69) is 4.98 Å². The summed E-state index contributed by atoms with van der Waals surface area (Å²) in [6, 6.07) is 4.61. The van der Waals surface area contributed by atoms with Crippen molar-refractivity contribution in [3.63, 3.8) is 0 Å². The number of rotatable bonds is 3. The number of aromatic carboxylic acids is 1. The van der Waals surface area contributed by atoms with Crippen LogP contribution >= 0.6 is 0 Å². The third kappa shape index (κ3) is 4.63. The zero-order valence-electron chi connectivity index (χ0n) is 8.23. The second-order valence-corrected chi connectivity index (χ2v) is 2.85. The van der Waals surface area contributed by atoms with Crippen LogP contribution in [0.25, 0.3) is 0 Å². The average Bonchev–Trinajstić information content (AvgIpc) is 2.03. The van der Waals surface area contributed by atoms with Crippen LogP contribution in [-0.4, -0.2) is 22.2 Å². The van der Waals surface area contributed by atoms with Crippen molar-refractivity contribution in [2.24, 2.45) is 0 Å². The normalized spacial score (nSPS) is 11.6. The molecule has 0 aromatic carbocycles. The Hall–Kier alpha value is 0.216. The molecule has 1 aromatic heterocycles. The first-order valence-electron chi connectivity index (χ1n) is 3.95. The Balaban J connectivity index is 0.00000169. The van der Waals surface area contributed by atoms with Crippen LogP contribution < -0.4 is 56.5 Å². The first-order chi connectivity index (χ1) is 6.09. The molecule has 0 saturated heterocycles. The molecule has 0 saturated carbocycles. The van der Waals surface area contributed by atoms with Gasteiger partial charge in [-0.05, 0) is 19.1 Å². The van der Waals surface area contributed by atoms with Gasteiger partial charge in [-0.2, -0.15) is 0 Å². The Labute approximate surface area is 125 Å². The molecule has 0 spiro atoms. The number of aliphatic hydroxyl groups is 1. The van der Waals surface area contributed by atoms with E-state index in [1.54, 1.807) is 19.1 Å². The molecule has 4 nitrogen and oxygen atoms in total. The van der Waals surface area contributed by atoms with E-state index < -0.39 is 12.1 Å². The van der Waals surface area contributed by atoms with Gasteiger partial charge in [-0.15, -0.1) is 0 Å². The van der Waals surface area contributed by atoms with Crippen LogP contribution in [0.2, 0.25) is 0 Å². The Morgan fingerprint density at radius 1 is 1.64 bits per heavy atom. The predicted octanol–water partition coefficient (Wildman–Crippen LogP) is -3.63. The molecule has 1 rings (SSSR count). The fraction of sp³-hybridized carbons (Fsp3) is 0.333. The zero-order valence-corrected chi connectivity index (χ0v) is 11.4. The average molecular weight is 219 g/mol. The smallest absolute Gasteiger partial charge is 0.543 e. The number of carboxylic acids is 1. The van der Waals surface area contributed by atoms with E-state index in [1.165, 1.54) is 6.07 Å². The maximum absolute atomic E-state index is 10.4. The molecule has 1 heterocycles. The number of carbonyl (C=O) groups excluding carboxylic acids is 1. The van der Waals surface area contributed by atoms with Crippen LogP contribution in [0.1, 0.15) is 23.1 Å². The molecule has 0 aliphatic carbocycles. The van der Waals surface area contributed by atoms with Crippen LogP contribution in [-0.2, 0) is 6.42 Å². The van der Waals surface area contributed by atoms with E-state index in [0.717, 1.165) is 0 Å². The van der Waals surface area contributed by atoms with Crippen molar-refractivity contribution in [3.05, 3.63) is 29.6 Å². The molecule has 70 valence electrons. The summed E-state index contributed by atoms with van der Waals surface area (Å²) in [5, 5.41) is 19.4. The molecular weight excluding hydrogens is 209 g/mol. The molecule has 14 heavy (non-hydrogen) atoms. The van der Waals surface area contributed by atoms with Crippen LogP contribution in [0.5, 0.6) is 0 Å². The summed E-state index contributed by atoms with van der Waals surface area (Å²) in [4.78, 5) is 14.2. The second kappa shape index (κ2) is 6.65. The van der Waals surface area contributed by atoms with E-state index in [9.17, 15) is 9.90 Å². The van der Waals surface area contributed by atoms with E-state index >= 15 is 0 Å². The number of pyridine rings is 1. The summed E-state index contributed by atoms with van der Waals surface area (Å²) >= 11 is 0. The van der Waals surface area contributed by atoms with Crippen molar-refractivity contribution in [2.75, 3.05) is 0 Å². The van der Waals surface area contributed by atoms with Gasteiger partial charge in [-0.3, -0.25) is 4.98 Å². The number of aliphatic hydroxyl groups excluding tert-OH is 1. The van der Waals surface area contributed by atoms with Crippen LogP contribution in [0.15, 0.2) is 18.2 Å². The Morgan fingerprint density at radius 2 is 2.29 bits per heavy atom. The largest absolute Gasteiger partial charge is 1.00 e. The number of hydrogen-bond donors (Lipinski definition) is 1. The van der Waals surface area contributed by atoms with Gasteiger partial charge >= 0.3 is 51.4 Å². The molecule has 0 radical (unpaired) electrons. The van der Waals surface area contributed by atoms with Crippen LogP contribution in [0, 0.1) is 0 Å². The van der Waals surface area contributed by atoms with E-state index in [-0.39, 0.29) is 57.1 Å². The maximum atomic E-state index is 10.4. The Kier molecular flexibility index (Phi) is 6.76. The van der Waals surface area contributed by atoms with Gasteiger partial charge in [0, 0.05) is 12.1 Å². The van der Waals surface area contributed by atoms with Gasteiger partial charge in [0.1, 0.15) is 0 Å². The number of hydrogen-bond acceptors (Lipinski definition) is 4. The summed E-state index contributed by atoms with van der Waals surface area (Å²) < 4.78 is 0. The summed E-state index contributed by atoms with van der Waals surface area (Å²) in [7, 11) is 0. The first kappa shape index (κ1) is 14.2. The summed E-state index contributed by atoms with van der Waals surface area (Å²) in [6.07, 6.45) is -0.175. The predicted molar refractivity (Wildman–Crippen MR) is 44.0 cm³/mol. The van der Waals surface area contributed by atoms with Crippen molar-refractivity contribution in [3.8, 4) is 0 Å². The second-order valence-electron chi connectivity index (χ2n) is 2.85. The van der Waals surface area contributed by atoms with Crippen molar-refractivity contribution in [1.29, 1.82) is 0 Å². The molecule has 1 atom stereocenters. The van der Waals surface area contributed by atoms with Gasteiger partial charge < -0.3 is 15.0 Å². The maximum Gasteiger partial charge on any atom is 1.00 e. The Morgan fingerprint density at radius 3 is 2.79 bits per heavy atom. The standard InChI is InChI=1S/C9H11NO3.K/c1-6(11)5-7-3-2-4-8(10-7)9(12)13;/h2-4,6,11H,5H2,1H3,(H,12,13);/q;+1/p-1. The van der Waals surface area contributed by atoms with Gasteiger partial charge in [-0.25, -0.2) is 0 Å². The molecule has 0 amide bonds. The van der Waals surface area contributed by atoms with Crippen molar-refractivity contribution >= 4 is 5.97 Å². The molecule has 0 fully saturated rings. The van der Waals surface area contributed by atoms with Gasteiger partial charge in [0.25, 0.3) is 0 Å². The minimum Gasteiger partial charge on any atom is -0.543 e. The number of aromatic nitrogens is 1.